The highest BCUT2D eigenvalue weighted by Crippen LogP contribution is 2.38. The fourth-order valence-electron chi connectivity index (χ4n) is 5.87. The fourth-order valence-corrected chi connectivity index (χ4v) is 5.87. The number of carbonyl (C=O) groups excluding carboxylic acids is 1. The second kappa shape index (κ2) is 12.2. The number of aldehydes is 1. The predicted octanol–water partition coefficient (Wildman–Crippen LogP) is 4.11. The van der Waals surface area contributed by atoms with E-state index in [0.29, 0.717) is 54.3 Å². The molecule has 10 nitrogen and oxygen atoms in total. The van der Waals surface area contributed by atoms with Crippen molar-refractivity contribution in [3.05, 3.63) is 118 Å². The van der Waals surface area contributed by atoms with Crippen LogP contribution in [0.4, 0.5) is 15.9 Å². The molecule has 4 aromatic rings. The van der Waals surface area contributed by atoms with Crippen LogP contribution < -0.4 is 27.1 Å². The van der Waals surface area contributed by atoms with Crippen LogP contribution in [0.2, 0.25) is 0 Å². The van der Waals surface area contributed by atoms with E-state index in [-0.39, 0.29) is 11.6 Å². The van der Waals surface area contributed by atoms with Crippen molar-refractivity contribution in [2.24, 2.45) is 5.10 Å². The number of para-hydroxylation sites is 1. The van der Waals surface area contributed by atoms with Crippen molar-refractivity contribution in [1.29, 1.82) is 0 Å². The normalized spacial score (nSPS) is 15.7. The van der Waals surface area contributed by atoms with E-state index in [2.05, 4.69) is 37.6 Å². The van der Waals surface area contributed by atoms with E-state index in [1.54, 1.807) is 19.2 Å². The molecule has 0 amide bonds. The van der Waals surface area contributed by atoms with Crippen LogP contribution in [0.5, 0.6) is 0 Å². The molecule has 0 fully saturated rings. The Morgan fingerprint density at radius 2 is 1.89 bits per heavy atom. The fraction of sp³-hybridized carbons (Fsp3) is 0.242. The lowest BCUT2D eigenvalue weighted by molar-refractivity contribution is -0.111. The molecule has 0 radical (unpaired) electrons. The van der Waals surface area contributed by atoms with Crippen LogP contribution in [-0.4, -0.2) is 33.6 Å². The van der Waals surface area contributed by atoms with Crippen molar-refractivity contribution in [1.82, 2.24) is 31.4 Å². The molecule has 0 aliphatic carbocycles. The first-order chi connectivity index (χ1) is 21.4. The van der Waals surface area contributed by atoms with Crippen LogP contribution in [-0.2, 0) is 23.2 Å². The minimum absolute atomic E-state index is 0.224. The number of carbonyl (C=O) groups is 1. The highest BCUT2D eigenvalue weighted by Gasteiger charge is 2.36. The van der Waals surface area contributed by atoms with Crippen LogP contribution in [0.15, 0.2) is 78.0 Å². The summed E-state index contributed by atoms with van der Waals surface area (Å²) in [6.07, 6.45) is 6.87. The van der Waals surface area contributed by atoms with Gasteiger partial charge in [0.2, 0.25) is 0 Å². The summed E-state index contributed by atoms with van der Waals surface area (Å²) in [6.45, 7) is 4.77. The number of amidine groups is 1. The molecule has 44 heavy (non-hydrogen) atoms. The third-order valence-electron chi connectivity index (χ3n) is 8.18. The van der Waals surface area contributed by atoms with Gasteiger partial charge in [-0.2, -0.15) is 0 Å². The molecule has 2 aromatic carbocycles. The maximum absolute atomic E-state index is 14.5. The number of nitrogens with one attached hydrogen (secondary N) is 3. The number of aryl methyl sites for hydroxylation is 2. The Kier molecular flexibility index (Phi) is 8.03. The van der Waals surface area contributed by atoms with Crippen LogP contribution in [0.3, 0.4) is 0 Å². The van der Waals surface area contributed by atoms with Crippen molar-refractivity contribution >= 4 is 29.2 Å². The molecule has 0 bridgehead atoms. The average Bonchev–Trinajstić information content (AvgIpc) is 3.49. The minimum Gasteiger partial charge on any atom is -0.383 e. The van der Waals surface area contributed by atoms with Gasteiger partial charge in [-0.05, 0) is 50.5 Å². The van der Waals surface area contributed by atoms with E-state index >= 15 is 0 Å². The van der Waals surface area contributed by atoms with Gasteiger partial charge in [0.15, 0.2) is 5.82 Å². The number of hydrogen-bond donors (Lipinski definition) is 4. The van der Waals surface area contributed by atoms with E-state index in [1.807, 2.05) is 55.5 Å². The van der Waals surface area contributed by atoms with E-state index in [4.69, 9.17) is 15.7 Å². The third-order valence-corrected chi connectivity index (χ3v) is 8.18. The number of nitrogens with two attached hydrogens (primary N) is 1. The van der Waals surface area contributed by atoms with E-state index < -0.39 is 5.41 Å². The van der Waals surface area contributed by atoms with Gasteiger partial charge in [0.05, 0.1) is 11.1 Å². The molecule has 11 heteroatoms. The van der Waals surface area contributed by atoms with Gasteiger partial charge in [0.1, 0.15) is 23.8 Å². The Morgan fingerprint density at radius 3 is 2.61 bits per heavy atom. The topological polar surface area (TPSA) is 133 Å². The van der Waals surface area contributed by atoms with Gasteiger partial charge in [0.25, 0.3) is 0 Å². The van der Waals surface area contributed by atoms with Crippen LogP contribution in [0, 0.1) is 12.7 Å². The van der Waals surface area contributed by atoms with E-state index in [1.165, 1.54) is 6.07 Å². The molecular weight excluding hydrogens is 557 g/mol. The maximum atomic E-state index is 14.5. The average molecular weight is 592 g/mol. The Balaban J connectivity index is 1.30. The first-order valence-corrected chi connectivity index (χ1v) is 14.5. The highest BCUT2D eigenvalue weighted by atomic mass is 19.1. The Labute approximate surface area is 255 Å². The Hall–Kier alpha value is -5.16. The molecule has 1 unspecified atom stereocenters. The van der Waals surface area contributed by atoms with Crippen molar-refractivity contribution in [3.8, 4) is 0 Å². The van der Waals surface area contributed by atoms with E-state index in [0.717, 1.165) is 40.9 Å². The molecule has 0 spiro atoms. The zero-order valence-corrected chi connectivity index (χ0v) is 24.6. The number of nitrogen functional groups attached to an aromatic ring is 1. The molecule has 0 saturated carbocycles. The van der Waals surface area contributed by atoms with Gasteiger partial charge in [-0.1, -0.05) is 48.5 Å². The number of hydrogen-bond acceptors (Lipinski definition) is 10. The number of fused-ring (bicyclic) bond motifs is 1. The molecule has 4 heterocycles. The summed E-state index contributed by atoms with van der Waals surface area (Å²) < 4.78 is 14.5. The van der Waals surface area contributed by atoms with Gasteiger partial charge < -0.3 is 15.4 Å². The van der Waals surface area contributed by atoms with Crippen molar-refractivity contribution in [2.45, 2.75) is 45.1 Å². The second-order valence-corrected chi connectivity index (χ2v) is 11.1. The lowest BCUT2D eigenvalue weighted by atomic mass is 9.79. The molecule has 5 N–H and O–H groups in total. The number of nitrogens with zero attached hydrogens (tertiary/aromatic N) is 5. The number of hydrazone groups is 1. The number of hydrazine groups is 2. The molecule has 0 saturated heterocycles. The second-order valence-electron chi connectivity index (χ2n) is 11.1. The molecule has 2 aliphatic rings. The van der Waals surface area contributed by atoms with Gasteiger partial charge in [-0.25, -0.2) is 19.9 Å². The summed E-state index contributed by atoms with van der Waals surface area (Å²) >= 11 is 0. The van der Waals surface area contributed by atoms with Crippen LogP contribution >= 0.6 is 0 Å². The number of halogens is 1. The Morgan fingerprint density at radius 1 is 1.07 bits per heavy atom. The number of anilines is 2. The molecular formula is C33H34FN9O. The summed E-state index contributed by atoms with van der Waals surface area (Å²) in [6, 6.07) is 18.7. The lowest BCUT2D eigenvalue weighted by Gasteiger charge is -2.27. The minimum atomic E-state index is -1.15. The van der Waals surface area contributed by atoms with Gasteiger partial charge in [-0.15, -0.1) is 10.6 Å². The van der Waals surface area contributed by atoms with Crippen molar-refractivity contribution in [2.75, 3.05) is 17.2 Å². The van der Waals surface area contributed by atoms with Crippen molar-refractivity contribution < 1.29 is 9.18 Å². The summed E-state index contributed by atoms with van der Waals surface area (Å²) in [4.78, 5) is 29.2. The van der Waals surface area contributed by atoms with Gasteiger partial charge in [-0.3, -0.25) is 10.4 Å². The van der Waals surface area contributed by atoms with Gasteiger partial charge >= 0.3 is 0 Å². The number of rotatable bonds is 9. The summed E-state index contributed by atoms with van der Waals surface area (Å²) in [5.74, 6) is 1.28. The summed E-state index contributed by atoms with van der Waals surface area (Å²) in [5, 5.41) is 4.09. The third kappa shape index (κ3) is 5.61. The number of aromatic nitrogens is 3. The van der Waals surface area contributed by atoms with E-state index in [9.17, 15) is 9.18 Å². The smallest absolute Gasteiger partial charge is 0.162 e. The highest BCUT2D eigenvalue weighted by molar-refractivity contribution is 5.86. The zero-order valence-electron chi connectivity index (χ0n) is 24.6. The monoisotopic (exact) mass is 591 g/mol. The van der Waals surface area contributed by atoms with Gasteiger partial charge in [0, 0.05) is 59.4 Å². The molecule has 2 aromatic heterocycles. The molecule has 1 atom stereocenters. The summed E-state index contributed by atoms with van der Waals surface area (Å²) in [7, 11) is 0. The van der Waals surface area contributed by atoms with Crippen LogP contribution in [0.1, 0.15) is 59.2 Å². The van der Waals surface area contributed by atoms with Crippen LogP contribution in [0.25, 0.3) is 5.57 Å². The van der Waals surface area contributed by atoms with Crippen molar-refractivity contribution in [3.63, 3.8) is 0 Å². The Bertz CT molecular complexity index is 1730. The predicted molar refractivity (Wildman–Crippen MR) is 169 cm³/mol. The number of pyridine rings is 1. The zero-order chi connectivity index (χ0) is 30.7. The maximum Gasteiger partial charge on any atom is 0.162 e. The first-order valence-electron chi connectivity index (χ1n) is 14.5. The largest absolute Gasteiger partial charge is 0.383 e. The molecule has 224 valence electrons. The lowest BCUT2D eigenvalue weighted by Crippen LogP contribution is -2.35. The standard InChI is InChI=1S/C33H34FN9O/c1-21-30(33(2,20-44)28-15-13-22(18-36-28)14-16-29-39-41-42-40-29)31(35)38-32(37-21)25-10-7-17-43(27-12-6-4-9-24(25)27)19-23-8-3-5-11-26(23)34/h3-6,8-13,15,18,20,41-42H,7,14,16-17,19H2,1-2H3,(H,39,40)(H2,35,37,38). The molecule has 2 aliphatic heterocycles. The first kappa shape index (κ1) is 28.9. The number of benzene rings is 2. The quantitative estimate of drug-likeness (QED) is 0.212. The molecule has 6 rings (SSSR count). The SMILES string of the molecule is Cc1nc(C2=CCCN(Cc3ccccc3F)c3ccccc32)nc(N)c1C(C)(C=O)c1ccc(CCC2=NNNN2)cn1. The summed E-state index contributed by atoms with van der Waals surface area (Å²) in [5.41, 5.74) is 19.9.